The minimum Gasteiger partial charge on any atom is -0.295 e. The Labute approximate surface area is 169 Å². The molecule has 4 heterocycles. The fourth-order valence-electron chi connectivity index (χ4n) is 4.16. The maximum atomic E-state index is 4.83. The lowest BCUT2D eigenvalue weighted by molar-refractivity contribution is 0.265. The minimum atomic E-state index is 0.615. The molecule has 1 aliphatic carbocycles. The van der Waals surface area contributed by atoms with Crippen LogP contribution in [0.25, 0.3) is 17.0 Å². The van der Waals surface area contributed by atoms with Gasteiger partial charge >= 0.3 is 0 Å². The molecule has 0 radical (unpaired) electrons. The van der Waals surface area contributed by atoms with Crippen LogP contribution in [-0.4, -0.2) is 47.1 Å². The molecule has 0 saturated heterocycles. The zero-order valence-corrected chi connectivity index (χ0v) is 16.3. The van der Waals surface area contributed by atoms with E-state index in [4.69, 9.17) is 15.1 Å². The van der Waals surface area contributed by atoms with Gasteiger partial charge in [0.2, 0.25) is 5.78 Å². The maximum Gasteiger partial charge on any atom is 0.234 e. The highest BCUT2D eigenvalue weighted by Crippen LogP contribution is 2.38. The number of hydrogen-bond acceptors (Lipinski definition) is 5. The van der Waals surface area contributed by atoms with Gasteiger partial charge in [-0.05, 0) is 18.9 Å². The van der Waals surface area contributed by atoms with E-state index in [-0.39, 0.29) is 0 Å². The smallest absolute Gasteiger partial charge is 0.234 e. The molecule has 0 amide bonds. The Morgan fingerprint density at radius 2 is 1.86 bits per heavy atom. The molecule has 6 rings (SSSR count). The third-order valence-electron chi connectivity index (χ3n) is 5.91. The number of benzene rings is 1. The zero-order chi connectivity index (χ0) is 19.2. The van der Waals surface area contributed by atoms with Crippen molar-refractivity contribution in [2.45, 2.75) is 38.3 Å². The Hall–Kier alpha value is -3.06. The summed E-state index contributed by atoms with van der Waals surface area (Å²) in [5.41, 5.74) is 3.33. The molecule has 29 heavy (non-hydrogen) atoms. The third-order valence-corrected chi connectivity index (χ3v) is 5.91. The van der Waals surface area contributed by atoms with E-state index in [0.29, 0.717) is 5.92 Å². The third kappa shape index (κ3) is 3.11. The second kappa shape index (κ2) is 6.77. The highest BCUT2D eigenvalue weighted by Gasteiger charge is 2.30. The summed E-state index contributed by atoms with van der Waals surface area (Å²) < 4.78 is 4.25. The second-order valence-electron chi connectivity index (χ2n) is 7.97. The van der Waals surface area contributed by atoms with Crippen molar-refractivity contribution < 1.29 is 0 Å². The van der Waals surface area contributed by atoms with Crippen LogP contribution in [0.15, 0.2) is 48.8 Å². The molecule has 1 saturated carbocycles. The van der Waals surface area contributed by atoms with Crippen LogP contribution < -0.4 is 0 Å². The number of aromatic nitrogens is 6. The molecule has 146 valence electrons. The Morgan fingerprint density at radius 1 is 0.966 bits per heavy atom. The summed E-state index contributed by atoms with van der Waals surface area (Å²) in [5, 5.41) is 4.77. The van der Waals surface area contributed by atoms with Gasteiger partial charge in [-0.15, -0.1) is 0 Å². The van der Waals surface area contributed by atoms with Crippen molar-refractivity contribution in [2.75, 3.05) is 13.1 Å². The molecule has 0 unspecified atom stereocenters. The van der Waals surface area contributed by atoms with E-state index < -0.39 is 0 Å². The van der Waals surface area contributed by atoms with Crippen LogP contribution in [0.2, 0.25) is 0 Å². The van der Waals surface area contributed by atoms with Gasteiger partial charge in [-0.3, -0.25) is 9.30 Å². The summed E-state index contributed by atoms with van der Waals surface area (Å²) in [6.07, 6.45) is 7.30. The van der Waals surface area contributed by atoms with Gasteiger partial charge in [-0.25, -0.2) is 19.6 Å². The number of nitrogens with zero attached hydrogens (tertiary/aromatic N) is 7. The maximum absolute atomic E-state index is 4.83. The fraction of sp³-hybridized carbons (Fsp3) is 0.364. The van der Waals surface area contributed by atoms with E-state index in [2.05, 4.69) is 49.4 Å². The first kappa shape index (κ1) is 16.9. The summed E-state index contributed by atoms with van der Waals surface area (Å²) in [7, 11) is 0. The monoisotopic (exact) mass is 385 g/mol. The van der Waals surface area contributed by atoms with E-state index in [9.17, 15) is 0 Å². The summed E-state index contributed by atoms with van der Waals surface area (Å²) in [6.45, 7) is 3.66. The van der Waals surface area contributed by atoms with Gasteiger partial charge in [-0.1, -0.05) is 30.3 Å². The quantitative estimate of drug-likeness (QED) is 0.540. The summed E-state index contributed by atoms with van der Waals surface area (Å²) in [4.78, 5) is 16.6. The predicted octanol–water partition coefficient (Wildman–Crippen LogP) is 2.92. The van der Waals surface area contributed by atoms with E-state index in [0.717, 1.165) is 61.3 Å². The van der Waals surface area contributed by atoms with E-state index in [1.54, 1.807) is 6.20 Å². The molecule has 3 aromatic heterocycles. The molecule has 2 aliphatic rings. The predicted molar refractivity (Wildman–Crippen MR) is 109 cm³/mol. The zero-order valence-electron chi connectivity index (χ0n) is 16.3. The van der Waals surface area contributed by atoms with Crippen molar-refractivity contribution >= 4 is 5.78 Å². The lowest BCUT2D eigenvalue weighted by atomic mass is 10.1. The Bertz CT molecular complexity index is 1130. The van der Waals surface area contributed by atoms with Gasteiger partial charge in [0.1, 0.15) is 5.82 Å². The summed E-state index contributed by atoms with van der Waals surface area (Å²) >= 11 is 0. The first-order valence-corrected chi connectivity index (χ1v) is 10.4. The van der Waals surface area contributed by atoms with Crippen LogP contribution in [-0.2, 0) is 19.5 Å². The van der Waals surface area contributed by atoms with Crippen molar-refractivity contribution in [3.05, 3.63) is 66.1 Å². The number of hydrogen-bond donors (Lipinski definition) is 0. The highest BCUT2D eigenvalue weighted by molar-refractivity contribution is 5.65. The van der Waals surface area contributed by atoms with Gasteiger partial charge in [-0.2, -0.15) is 5.10 Å². The van der Waals surface area contributed by atoms with Crippen molar-refractivity contribution in [1.29, 1.82) is 0 Å². The number of rotatable bonds is 4. The van der Waals surface area contributed by atoms with Crippen LogP contribution in [0, 0.1) is 0 Å². The highest BCUT2D eigenvalue weighted by atomic mass is 15.4. The van der Waals surface area contributed by atoms with Crippen molar-refractivity contribution in [1.82, 2.24) is 34.0 Å². The second-order valence-corrected chi connectivity index (χ2v) is 7.97. The molecule has 1 fully saturated rings. The summed E-state index contributed by atoms with van der Waals surface area (Å²) in [6, 6.07) is 12.4. The Morgan fingerprint density at radius 3 is 2.72 bits per heavy atom. The van der Waals surface area contributed by atoms with Crippen LogP contribution in [0.1, 0.15) is 36.1 Å². The molecule has 0 N–H and O–H groups in total. The summed E-state index contributed by atoms with van der Waals surface area (Å²) in [5.74, 6) is 3.56. The van der Waals surface area contributed by atoms with Crippen LogP contribution >= 0.6 is 0 Å². The largest absolute Gasteiger partial charge is 0.295 e. The van der Waals surface area contributed by atoms with E-state index in [1.807, 2.05) is 12.1 Å². The SMILES string of the molecule is c1ccc(-c2nc3ncccn3c2CN2CCc3nc(C4CC4)nn3CC2)cc1. The van der Waals surface area contributed by atoms with E-state index >= 15 is 0 Å². The van der Waals surface area contributed by atoms with Gasteiger partial charge in [0, 0.05) is 49.9 Å². The lowest BCUT2D eigenvalue weighted by Crippen LogP contribution is -2.27. The first-order chi connectivity index (χ1) is 14.3. The van der Waals surface area contributed by atoms with Gasteiger partial charge < -0.3 is 0 Å². The van der Waals surface area contributed by atoms with Crippen LogP contribution in [0.4, 0.5) is 0 Å². The molecular weight excluding hydrogens is 362 g/mol. The Kier molecular flexibility index (Phi) is 3.94. The minimum absolute atomic E-state index is 0.615. The molecular formula is C22H23N7. The molecule has 7 nitrogen and oxygen atoms in total. The van der Waals surface area contributed by atoms with Gasteiger partial charge in [0.15, 0.2) is 5.82 Å². The Balaban J connectivity index is 1.29. The van der Waals surface area contributed by atoms with Crippen molar-refractivity contribution in [3.8, 4) is 11.3 Å². The number of imidazole rings is 1. The molecule has 7 heteroatoms. The average molecular weight is 385 g/mol. The van der Waals surface area contributed by atoms with Crippen LogP contribution in [0.3, 0.4) is 0 Å². The molecule has 1 aliphatic heterocycles. The topological polar surface area (TPSA) is 64.1 Å². The number of fused-ring (bicyclic) bond motifs is 2. The lowest BCUT2D eigenvalue weighted by Gasteiger charge is -2.20. The van der Waals surface area contributed by atoms with Crippen molar-refractivity contribution in [2.24, 2.45) is 0 Å². The standard InChI is InChI=1S/C22H23N7/c1-2-5-16(6-3-1)20-18(28-11-4-10-23-22(28)25-20)15-27-12-9-19-24-21(17-7-8-17)26-29(19)14-13-27/h1-6,10-11,17H,7-9,12-15H2. The molecule has 4 aromatic rings. The average Bonchev–Trinajstić information content (AvgIpc) is 3.48. The van der Waals surface area contributed by atoms with Crippen molar-refractivity contribution in [3.63, 3.8) is 0 Å². The molecule has 0 atom stereocenters. The molecule has 1 aromatic carbocycles. The fourth-order valence-corrected chi connectivity index (χ4v) is 4.16. The molecule has 0 bridgehead atoms. The molecule has 0 spiro atoms. The van der Waals surface area contributed by atoms with Gasteiger partial charge in [0.05, 0.1) is 17.9 Å². The van der Waals surface area contributed by atoms with Gasteiger partial charge in [0.25, 0.3) is 0 Å². The van der Waals surface area contributed by atoms with Crippen LogP contribution in [0.5, 0.6) is 0 Å². The normalized spacial score (nSPS) is 17.4. The first-order valence-electron chi connectivity index (χ1n) is 10.4. The van der Waals surface area contributed by atoms with E-state index in [1.165, 1.54) is 18.5 Å².